The summed E-state index contributed by atoms with van der Waals surface area (Å²) in [4.78, 5) is 27.0. The number of hydrogen-bond acceptors (Lipinski definition) is 5. The van der Waals surface area contributed by atoms with Crippen molar-refractivity contribution < 1.29 is 14.7 Å². The molecule has 0 bridgehead atoms. The molecule has 0 saturated carbocycles. The molecule has 0 fully saturated rings. The van der Waals surface area contributed by atoms with Crippen molar-refractivity contribution in [2.24, 2.45) is 0 Å². The van der Waals surface area contributed by atoms with Gasteiger partial charge in [0.25, 0.3) is 0 Å². The molecule has 0 radical (unpaired) electrons. The Bertz CT molecular complexity index is 1260. The molecule has 1 unspecified atom stereocenters. The van der Waals surface area contributed by atoms with Gasteiger partial charge in [-0.1, -0.05) is 72.5 Å². The van der Waals surface area contributed by atoms with Crippen molar-refractivity contribution >= 4 is 29.0 Å². The van der Waals surface area contributed by atoms with E-state index >= 15 is 0 Å². The Morgan fingerprint density at radius 3 is 2.16 bits per heavy atom. The van der Waals surface area contributed by atoms with E-state index in [9.17, 15) is 14.7 Å². The highest BCUT2D eigenvalue weighted by molar-refractivity contribution is 8.01. The molecule has 2 aliphatic carbocycles. The summed E-state index contributed by atoms with van der Waals surface area (Å²) >= 11 is 1.64. The van der Waals surface area contributed by atoms with Gasteiger partial charge in [-0.2, -0.15) is 0 Å². The van der Waals surface area contributed by atoms with E-state index in [1.165, 1.54) is 6.07 Å². The molecular formula is C26H19NO3S. The number of aromatic hydroxyl groups is 1. The Balaban J connectivity index is 1.61. The molecule has 3 aromatic rings. The van der Waals surface area contributed by atoms with E-state index in [0.717, 1.165) is 4.90 Å². The minimum atomic E-state index is -0.541. The largest absolute Gasteiger partial charge is 0.507 e. The summed E-state index contributed by atoms with van der Waals surface area (Å²) in [6, 6.07) is 19.9. The van der Waals surface area contributed by atoms with Gasteiger partial charge in [-0.25, -0.2) is 0 Å². The topological polar surface area (TPSA) is 66.4 Å². The van der Waals surface area contributed by atoms with Crippen LogP contribution in [0.2, 0.25) is 0 Å². The highest BCUT2D eigenvalue weighted by Gasteiger charge is 2.36. The average Bonchev–Trinajstić information content (AvgIpc) is 2.80. The maximum atomic E-state index is 13.4. The molecule has 5 rings (SSSR count). The van der Waals surface area contributed by atoms with Crippen LogP contribution in [-0.4, -0.2) is 21.5 Å². The third-order valence-electron chi connectivity index (χ3n) is 5.48. The van der Waals surface area contributed by atoms with Crippen molar-refractivity contribution in [1.82, 2.24) is 0 Å². The second-order valence-corrected chi connectivity index (χ2v) is 8.91. The molecule has 2 N–H and O–H groups in total. The van der Waals surface area contributed by atoms with Crippen molar-refractivity contribution in [3.05, 3.63) is 113 Å². The number of rotatable bonds is 4. The lowest BCUT2D eigenvalue weighted by atomic mass is 9.82. The van der Waals surface area contributed by atoms with Gasteiger partial charge in [0, 0.05) is 28.1 Å². The van der Waals surface area contributed by atoms with Crippen LogP contribution in [0, 0.1) is 0 Å². The second-order valence-electron chi connectivity index (χ2n) is 7.51. The molecule has 0 aliphatic heterocycles. The van der Waals surface area contributed by atoms with Crippen LogP contribution in [0.3, 0.4) is 0 Å². The van der Waals surface area contributed by atoms with E-state index in [2.05, 4.69) is 17.5 Å². The van der Waals surface area contributed by atoms with Crippen LogP contribution in [0.4, 0.5) is 5.69 Å². The highest BCUT2D eigenvalue weighted by Crippen LogP contribution is 2.43. The smallest absolute Gasteiger partial charge is 0.198 e. The summed E-state index contributed by atoms with van der Waals surface area (Å²) in [7, 11) is 0. The van der Waals surface area contributed by atoms with Crippen LogP contribution >= 0.6 is 11.8 Å². The zero-order valence-corrected chi connectivity index (χ0v) is 17.4. The predicted molar refractivity (Wildman–Crippen MR) is 123 cm³/mol. The third-order valence-corrected chi connectivity index (χ3v) is 6.75. The molecule has 0 spiro atoms. The van der Waals surface area contributed by atoms with Gasteiger partial charge in [0.1, 0.15) is 10.6 Å². The average molecular weight is 426 g/mol. The first-order valence-corrected chi connectivity index (χ1v) is 10.8. The molecule has 2 aliphatic rings. The summed E-state index contributed by atoms with van der Waals surface area (Å²) < 4.78 is 0. The Labute approximate surface area is 184 Å². The maximum Gasteiger partial charge on any atom is 0.198 e. The number of anilines is 1. The van der Waals surface area contributed by atoms with Crippen molar-refractivity contribution in [2.45, 2.75) is 16.2 Å². The fraction of sp³-hybridized carbons (Fsp3) is 0.0769. The Morgan fingerprint density at radius 1 is 0.806 bits per heavy atom. The first-order valence-electron chi connectivity index (χ1n) is 9.99. The number of fused-ring (bicyclic) bond motifs is 2. The zero-order valence-electron chi connectivity index (χ0n) is 16.5. The fourth-order valence-electron chi connectivity index (χ4n) is 4.03. The summed E-state index contributed by atoms with van der Waals surface area (Å²) in [5.74, 6) is -0.786. The number of nitrogens with one attached hydrogen (secondary N) is 1. The first-order chi connectivity index (χ1) is 15.1. The molecular weight excluding hydrogens is 406 g/mol. The summed E-state index contributed by atoms with van der Waals surface area (Å²) in [5, 5.41) is 14.0. The van der Waals surface area contributed by atoms with Crippen molar-refractivity contribution in [1.29, 1.82) is 0 Å². The van der Waals surface area contributed by atoms with E-state index in [4.69, 9.17) is 0 Å². The van der Waals surface area contributed by atoms with Crippen LogP contribution in [0.25, 0.3) is 0 Å². The Hall–Kier alpha value is -3.57. The van der Waals surface area contributed by atoms with Crippen molar-refractivity contribution in [3.8, 4) is 5.75 Å². The number of carbonyl (C=O) groups excluding carboxylic acids is 2. The van der Waals surface area contributed by atoms with Gasteiger partial charge in [-0.05, 0) is 30.3 Å². The molecule has 5 heteroatoms. The molecule has 0 saturated heterocycles. The molecule has 0 aromatic heterocycles. The highest BCUT2D eigenvalue weighted by atomic mass is 32.2. The zero-order chi connectivity index (χ0) is 21.4. The minimum Gasteiger partial charge on any atom is -0.507 e. The molecule has 152 valence electrons. The number of thioether (sulfide) groups is 1. The molecule has 0 heterocycles. The van der Waals surface area contributed by atoms with Crippen molar-refractivity contribution in [3.63, 3.8) is 0 Å². The SMILES string of the molecule is O=C1c2ccccc2C(=O)c2c(NC3(Sc4ccccc4)C=CC=CC3)ccc(O)c21. The number of ketones is 2. The first kappa shape index (κ1) is 19.4. The molecule has 1 atom stereocenters. The van der Waals surface area contributed by atoms with E-state index < -0.39 is 4.87 Å². The number of phenols is 1. The van der Waals surface area contributed by atoms with Gasteiger partial charge >= 0.3 is 0 Å². The predicted octanol–water partition coefficient (Wildman–Crippen LogP) is 5.58. The second kappa shape index (κ2) is 7.60. The van der Waals surface area contributed by atoms with E-state index in [0.29, 0.717) is 23.2 Å². The lowest BCUT2D eigenvalue weighted by Gasteiger charge is -2.34. The number of carbonyl (C=O) groups is 2. The quantitative estimate of drug-likeness (QED) is 0.330. The Kier molecular flexibility index (Phi) is 4.75. The van der Waals surface area contributed by atoms with Gasteiger partial charge in [0.2, 0.25) is 0 Å². The van der Waals surface area contributed by atoms with Gasteiger partial charge in [0.15, 0.2) is 11.6 Å². The van der Waals surface area contributed by atoms with Crippen LogP contribution in [0.1, 0.15) is 38.3 Å². The number of phenolic OH excluding ortho intramolecular Hbond substituents is 1. The van der Waals surface area contributed by atoms with Crippen LogP contribution in [0.5, 0.6) is 5.75 Å². The number of hydrogen-bond donors (Lipinski definition) is 2. The number of allylic oxidation sites excluding steroid dienone is 2. The number of benzene rings is 3. The van der Waals surface area contributed by atoms with Gasteiger partial charge in [0.05, 0.1) is 11.1 Å². The van der Waals surface area contributed by atoms with Crippen LogP contribution < -0.4 is 5.32 Å². The fourth-order valence-corrected chi connectivity index (χ4v) is 5.23. The lowest BCUT2D eigenvalue weighted by molar-refractivity contribution is 0.0977. The summed E-state index contributed by atoms with van der Waals surface area (Å²) in [6.07, 6.45) is 8.78. The van der Waals surface area contributed by atoms with Gasteiger partial charge < -0.3 is 10.4 Å². The standard InChI is InChI=1S/C26H19NO3S/c28-21-14-13-20(22-23(21)25(30)19-12-6-5-11-18(19)24(22)29)27-26(15-7-2-8-16-26)31-17-9-3-1-4-10-17/h1-15,27-28H,16H2. The van der Waals surface area contributed by atoms with E-state index in [-0.39, 0.29) is 28.4 Å². The molecule has 4 nitrogen and oxygen atoms in total. The maximum absolute atomic E-state index is 13.4. The van der Waals surface area contributed by atoms with Crippen LogP contribution in [-0.2, 0) is 0 Å². The monoisotopic (exact) mass is 425 g/mol. The minimum absolute atomic E-state index is 0.0592. The third kappa shape index (κ3) is 3.37. The summed E-state index contributed by atoms with van der Waals surface area (Å²) in [6.45, 7) is 0. The Morgan fingerprint density at radius 2 is 1.48 bits per heavy atom. The summed E-state index contributed by atoms with van der Waals surface area (Å²) in [5.41, 5.74) is 1.49. The van der Waals surface area contributed by atoms with E-state index in [1.54, 1.807) is 42.1 Å². The van der Waals surface area contributed by atoms with Gasteiger partial charge in [-0.3, -0.25) is 9.59 Å². The van der Waals surface area contributed by atoms with E-state index in [1.807, 2.05) is 42.5 Å². The van der Waals surface area contributed by atoms with Gasteiger partial charge in [-0.15, -0.1) is 0 Å². The van der Waals surface area contributed by atoms with Crippen molar-refractivity contribution in [2.75, 3.05) is 5.32 Å². The normalized spacial score (nSPS) is 19.1. The molecule has 31 heavy (non-hydrogen) atoms. The molecule has 3 aromatic carbocycles. The lowest BCUT2D eigenvalue weighted by Crippen LogP contribution is -2.34. The van der Waals surface area contributed by atoms with Crippen LogP contribution in [0.15, 0.2) is 95.9 Å². The molecule has 0 amide bonds.